The molecule has 0 atom stereocenters. The summed E-state index contributed by atoms with van der Waals surface area (Å²) in [5.41, 5.74) is 4.74. The third kappa shape index (κ3) is 3.61. The van der Waals surface area contributed by atoms with E-state index in [4.69, 9.17) is 9.47 Å². The SMILES string of the molecule is COc1c2ccccc2c(OC)c2c(I)c(-c3ccccc3)c(-c3ccccc3)cc12.S. The first-order valence-corrected chi connectivity index (χ1v) is 11.2. The first-order valence-electron chi connectivity index (χ1n) is 10.1. The van der Waals surface area contributed by atoms with E-state index >= 15 is 0 Å². The van der Waals surface area contributed by atoms with Crippen molar-refractivity contribution in [3.05, 3.63) is 94.6 Å². The first-order chi connectivity index (χ1) is 15.2. The van der Waals surface area contributed by atoms with Gasteiger partial charge in [0.1, 0.15) is 11.5 Å². The average Bonchev–Trinajstić information content (AvgIpc) is 2.83. The highest BCUT2D eigenvalue weighted by Gasteiger charge is 2.22. The maximum Gasteiger partial charge on any atom is 0.135 e. The number of hydrogen-bond donors (Lipinski definition) is 0. The molecule has 160 valence electrons. The van der Waals surface area contributed by atoms with Crippen LogP contribution in [0.2, 0.25) is 0 Å². The lowest BCUT2D eigenvalue weighted by molar-refractivity contribution is 0.417. The lowest BCUT2D eigenvalue weighted by Gasteiger charge is -2.21. The first kappa shape index (κ1) is 22.5. The van der Waals surface area contributed by atoms with Crippen LogP contribution in [0.4, 0.5) is 0 Å². The Morgan fingerprint density at radius 2 is 1.09 bits per heavy atom. The smallest absolute Gasteiger partial charge is 0.135 e. The normalized spacial score (nSPS) is 10.7. The highest BCUT2D eigenvalue weighted by Crippen LogP contribution is 2.49. The fourth-order valence-corrected chi connectivity index (χ4v) is 5.51. The van der Waals surface area contributed by atoms with Gasteiger partial charge >= 0.3 is 0 Å². The predicted molar refractivity (Wildman–Crippen MR) is 149 cm³/mol. The molecule has 5 rings (SSSR count). The number of halogens is 1. The molecule has 0 heterocycles. The van der Waals surface area contributed by atoms with Crippen LogP contribution in [-0.4, -0.2) is 14.2 Å². The molecule has 0 aliphatic heterocycles. The van der Waals surface area contributed by atoms with Crippen molar-refractivity contribution in [2.45, 2.75) is 0 Å². The van der Waals surface area contributed by atoms with Gasteiger partial charge in [0.2, 0.25) is 0 Å². The zero-order chi connectivity index (χ0) is 21.4. The highest BCUT2D eigenvalue weighted by molar-refractivity contribution is 14.1. The third-order valence-electron chi connectivity index (χ3n) is 5.71. The molecule has 0 N–H and O–H groups in total. The molecule has 0 unspecified atom stereocenters. The molecule has 0 aliphatic carbocycles. The van der Waals surface area contributed by atoms with Crippen LogP contribution in [0.15, 0.2) is 91.0 Å². The van der Waals surface area contributed by atoms with Gasteiger partial charge in [-0.15, -0.1) is 0 Å². The zero-order valence-corrected chi connectivity index (χ0v) is 21.0. The maximum absolute atomic E-state index is 6.00. The van der Waals surface area contributed by atoms with Crippen LogP contribution < -0.4 is 9.47 Å². The number of benzene rings is 5. The summed E-state index contributed by atoms with van der Waals surface area (Å²) in [5.74, 6) is 1.76. The molecule has 0 radical (unpaired) electrons. The van der Waals surface area contributed by atoms with E-state index in [1.54, 1.807) is 14.2 Å². The van der Waals surface area contributed by atoms with Gasteiger partial charge in [-0.3, -0.25) is 0 Å². The van der Waals surface area contributed by atoms with Crippen LogP contribution in [0.3, 0.4) is 0 Å². The summed E-state index contributed by atoms with van der Waals surface area (Å²) >= 11 is 2.47. The van der Waals surface area contributed by atoms with Crippen LogP contribution >= 0.6 is 36.1 Å². The molecule has 0 spiro atoms. The topological polar surface area (TPSA) is 18.5 Å². The Morgan fingerprint density at radius 3 is 1.66 bits per heavy atom. The van der Waals surface area contributed by atoms with E-state index in [0.717, 1.165) is 36.6 Å². The van der Waals surface area contributed by atoms with Gasteiger partial charge in [-0.05, 0) is 45.3 Å². The largest absolute Gasteiger partial charge is 0.495 e. The van der Waals surface area contributed by atoms with Gasteiger partial charge < -0.3 is 9.47 Å². The minimum absolute atomic E-state index is 0. The van der Waals surface area contributed by atoms with Crippen molar-refractivity contribution in [3.63, 3.8) is 0 Å². The monoisotopic (exact) mass is 550 g/mol. The molecule has 32 heavy (non-hydrogen) atoms. The molecule has 0 bridgehead atoms. The number of rotatable bonds is 4. The van der Waals surface area contributed by atoms with Gasteiger partial charge in [0, 0.05) is 30.7 Å². The molecular formula is C28H23IO2S. The molecule has 5 aromatic carbocycles. The van der Waals surface area contributed by atoms with Crippen molar-refractivity contribution in [2.24, 2.45) is 0 Å². The van der Waals surface area contributed by atoms with Gasteiger partial charge in [-0.2, -0.15) is 13.5 Å². The van der Waals surface area contributed by atoms with Crippen molar-refractivity contribution in [3.8, 4) is 33.8 Å². The van der Waals surface area contributed by atoms with Crippen LogP contribution in [0, 0.1) is 3.57 Å². The van der Waals surface area contributed by atoms with Gasteiger partial charge in [0.15, 0.2) is 0 Å². The van der Waals surface area contributed by atoms with Gasteiger partial charge in [0.05, 0.1) is 14.2 Å². The van der Waals surface area contributed by atoms with Crippen LogP contribution in [0.25, 0.3) is 43.8 Å². The molecule has 2 nitrogen and oxygen atoms in total. The molecular weight excluding hydrogens is 527 g/mol. The molecule has 0 aliphatic rings. The lowest BCUT2D eigenvalue weighted by Crippen LogP contribution is -1.98. The summed E-state index contributed by atoms with van der Waals surface area (Å²) in [6.45, 7) is 0. The quantitative estimate of drug-likeness (QED) is 0.167. The van der Waals surface area contributed by atoms with E-state index in [1.807, 2.05) is 12.1 Å². The van der Waals surface area contributed by atoms with E-state index in [-0.39, 0.29) is 13.5 Å². The standard InChI is InChI=1S/C28H21IO2.H2S/c1-30-27-20-15-9-10-16-21(20)28(31-2)25-23(27)17-22(18-11-5-3-6-12-18)24(26(25)29)19-13-7-4-8-14-19;/h3-17H,1-2H3;1H2. The predicted octanol–water partition coefficient (Wildman–Crippen LogP) is 8.06. The Labute approximate surface area is 208 Å². The van der Waals surface area contributed by atoms with Crippen LogP contribution in [0.1, 0.15) is 0 Å². The summed E-state index contributed by atoms with van der Waals surface area (Å²) in [4.78, 5) is 0. The third-order valence-corrected chi connectivity index (χ3v) is 6.79. The minimum Gasteiger partial charge on any atom is -0.495 e. The van der Waals surface area contributed by atoms with Crippen molar-refractivity contribution >= 4 is 57.6 Å². The average molecular weight is 550 g/mol. The summed E-state index contributed by atoms with van der Waals surface area (Å²) in [6.07, 6.45) is 0. The van der Waals surface area contributed by atoms with Gasteiger partial charge in [-0.1, -0.05) is 84.9 Å². The summed E-state index contributed by atoms with van der Waals surface area (Å²) in [6, 6.07) is 31.6. The van der Waals surface area contributed by atoms with E-state index in [9.17, 15) is 0 Å². The van der Waals surface area contributed by atoms with Crippen molar-refractivity contribution in [1.29, 1.82) is 0 Å². The fourth-order valence-electron chi connectivity index (χ4n) is 4.37. The maximum atomic E-state index is 6.00. The minimum atomic E-state index is 0. The Morgan fingerprint density at radius 1 is 0.594 bits per heavy atom. The van der Waals surface area contributed by atoms with Gasteiger partial charge in [0.25, 0.3) is 0 Å². The fraction of sp³-hybridized carbons (Fsp3) is 0.0714. The zero-order valence-electron chi connectivity index (χ0n) is 17.9. The van der Waals surface area contributed by atoms with Gasteiger partial charge in [-0.25, -0.2) is 0 Å². The number of fused-ring (bicyclic) bond motifs is 2. The number of ether oxygens (including phenoxy) is 2. The molecule has 4 heteroatoms. The van der Waals surface area contributed by atoms with E-state index in [1.165, 1.54) is 22.3 Å². The number of hydrogen-bond acceptors (Lipinski definition) is 2. The van der Waals surface area contributed by atoms with Crippen LogP contribution in [0.5, 0.6) is 11.5 Å². The second kappa shape index (κ2) is 9.43. The molecule has 0 aromatic heterocycles. The van der Waals surface area contributed by atoms with E-state index < -0.39 is 0 Å². The molecule has 0 fully saturated rings. The molecule has 0 amide bonds. The Kier molecular flexibility index (Phi) is 6.63. The molecule has 0 saturated carbocycles. The second-order valence-electron chi connectivity index (χ2n) is 7.38. The van der Waals surface area contributed by atoms with Crippen molar-refractivity contribution in [2.75, 3.05) is 14.2 Å². The lowest BCUT2D eigenvalue weighted by atomic mass is 9.89. The van der Waals surface area contributed by atoms with E-state index in [0.29, 0.717) is 0 Å². The molecule has 0 saturated heterocycles. The number of methoxy groups -OCH3 is 2. The Bertz CT molecular complexity index is 1400. The highest BCUT2D eigenvalue weighted by atomic mass is 127. The van der Waals surface area contributed by atoms with Crippen LogP contribution in [-0.2, 0) is 0 Å². The van der Waals surface area contributed by atoms with Crippen molar-refractivity contribution in [1.82, 2.24) is 0 Å². The van der Waals surface area contributed by atoms with Crippen molar-refractivity contribution < 1.29 is 9.47 Å². The summed E-state index contributed by atoms with van der Waals surface area (Å²) < 4.78 is 13.1. The van der Waals surface area contributed by atoms with E-state index in [2.05, 4.69) is 101 Å². The summed E-state index contributed by atoms with van der Waals surface area (Å²) in [5, 5.41) is 4.24. The summed E-state index contributed by atoms with van der Waals surface area (Å²) in [7, 11) is 3.49. The second-order valence-corrected chi connectivity index (χ2v) is 8.46. The Balaban J connectivity index is 0.00000245. The Hall–Kier alpha value is -2.70. The molecule has 5 aromatic rings.